The summed E-state index contributed by atoms with van der Waals surface area (Å²) in [6.07, 6.45) is 0. The summed E-state index contributed by atoms with van der Waals surface area (Å²) >= 11 is 7.28. The highest BCUT2D eigenvalue weighted by atomic mass is 35.5. The van der Waals surface area contributed by atoms with E-state index < -0.39 is 0 Å². The summed E-state index contributed by atoms with van der Waals surface area (Å²) in [6, 6.07) is 23.1. The van der Waals surface area contributed by atoms with E-state index in [4.69, 9.17) is 16.9 Å². The van der Waals surface area contributed by atoms with Crippen molar-refractivity contribution in [3.63, 3.8) is 0 Å². The lowest BCUT2D eigenvalue weighted by Gasteiger charge is -2.13. The van der Waals surface area contributed by atoms with Crippen molar-refractivity contribution in [3.8, 4) is 6.07 Å². The Morgan fingerprint density at radius 3 is 2.72 bits per heavy atom. The first-order chi connectivity index (χ1) is 15.5. The first kappa shape index (κ1) is 21.6. The maximum atomic E-state index is 13.2. The number of rotatable bonds is 6. The van der Waals surface area contributed by atoms with Gasteiger partial charge in [0, 0.05) is 10.7 Å². The van der Waals surface area contributed by atoms with Crippen LogP contribution in [0.3, 0.4) is 0 Å². The van der Waals surface area contributed by atoms with Gasteiger partial charge < -0.3 is 5.32 Å². The number of para-hydroxylation sites is 1. The lowest BCUT2D eigenvalue weighted by atomic mass is 10.2. The zero-order valence-corrected chi connectivity index (χ0v) is 18.4. The maximum Gasteiger partial charge on any atom is 0.262 e. The van der Waals surface area contributed by atoms with Crippen molar-refractivity contribution >= 4 is 45.9 Å². The number of carbonyl (C=O) groups is 1. The number of benzene rings is 3. The van der Waals surface area contributed by atoms with E-state index in [1.54, 1.807) is 59.2 Å². The molecule has 0 unspecified atom stereocenters. The highest BCUT2D eigenvalue weighted by molar-refractivity contribution is 7.99. The second-order valence-corrected chi connectivity index (χ2v) is 8.34. The number of aromatic nitrogens is 2. The number of hydrogen-bond acceptors (Lipinski definition) is 5. The fourth-order valence-electron chi connectivity index (χ4n) is 3.21. The quantitative estimate of drug-likeness (QED) is 0.333. The predicted octanol–water partition coefficient (Wildman–Crippen LogP) is 4.70. The Morgan fingerprint density at radius 2 is 1.91 bits per heavy atom. The third-order valence-electron chi connectivity index (χ3n) is 4.66. The molecular weight excluding hydrogens is 444 g/mol. The minimum Gasteiger partial charge on any atom is -0.325 e. The molecule has 4 rings (SSSR count). The molecule has 32 heavy (non-hydrogen) atoms. The number of anilines is 1. The van der Waals surface area contributed by atoms with Gasteiger partial charge in [0.15, 0.2) is 5.16 Å². The molecule has 0 spiro atoms. The van der Waals surface area contributed by atoms with Crippen molar-refractivity contribution in [1.82, 2.24) is 9.55 Å². The van der Waals surface area contributed by atoms with Crippen molar-refractivity contribution in [2.75, 3.05) is 11.1 Å². The van der Waals surface area contributed by atoms with E-state index in [0.29, 0.717) is 32.3 Å². The van der Waals surface area contributed by atoms with Crippen LogP contribution in [-0.2, 0) is 11.3 Å². The molecule has 158 valence electrons. The van der Waals surface area contributed by atoms with Crippen LogP contribution in [0.1, 0.15) is 11.1 Å². The van der Waals surface area contributed by atoms with E-state index >= 15 is 0 Å². The van der Waals surface area contributed by atoms with Gasteiger partial charge in [0.25, 0.3) is 5.56 Å². The summed E-state index contributed by atoms with van der Waals surface area (Å²) in [4.78, 5) is 30.3. The molecule has 1 heterocycles. The molecule has 4 aromatic rings. The zero-order chi connectivity index (χ0) is 22.5. The minimum absolute atomic E-state index is 0.0527. The molecule has 6 nitrogen and oxygen atoms in total. The zero-order valence-electron chi connectivity index (χ0n) is 16.8. The van der Waals surface area contributed by atoms with Crippen LogP contribution in [0.2, 0.25) is 5.02 Å². The molecule has 0 radical (unpaired) electrons. The van der Waals surface area contributed by atoms with E-state index in [1.165, 1.54) is 11.8 Å². The summed E-state index contributed by atoms with van der Waals surface area (Å²) < 4.78 is 1.56. The molecule has 1 amide bonds. The lowest BCUT2D eigenvalue weighted by molar-refractivity contribution is -0.113. The molecule has 1 aromatic heterocycles. The van der Waals surface area contributed by atoms with Crippen molar-refractivity contribution in [2.45, 2.75) is 11.7 Å². The number of nitrogens with zero attached hydrogens (tertiary/aromatic N) is 3. The van der Waals surface area contributed by atoms with Crippen LogP contribution in [0.5, 0.6) is 0 Å². The molecule has 3 aromatic carbocycles. The number of thioether (sulfide) groups is 1. The molecule has 1 N–H and O–H groups in total. The van der Waals surface area contributed by atoms with Crippen molar-refractivity contribution in [2.24, 2.45) is 0 Å². The van der Waals surface area contributed by atoms with Crippen LogP contribution in [0.15, 0.2) is 82.7 Å². The Hall–Kier alpha value is -3.60. The van der Waals surface area contributed by atoms with Gasteiger partial charge in [-0.1, -0.05) is 53.7 Å². The fraction of sp³-hybridized carbons (Fsp3) is 0.0833. The first-order valence-corrected chi connectivity index (χ1v) is 11.1. The van der Waals surface area contributed by atoms with Gasteiger partial charge in [0.05, 0.1) is 34.8 Å². The molecule has 0 aliphatic carbocycles. The average Bonchev–Trinajstić information content (AvgIpc) is 2.80. The molecular formula is C24H17ClN4O2S. The Balaban J connectivity index is 1.61. The molecule has 8 heteroatoms. The van der Waals surface area contributed by atoms with Gasteiger partial charge in [-0.05, 0) is 48.0 Å². The first-order valence-electron chi connectivity index (χ1n) is 9.70. The van der Waals surface area contributed by atoms with Crippen molar-refractivity contribution in [3.05, 3.63) is 99.3 Å². The van der Waals surface area contributed by atoms with Gasteiger partial charge in [-0.15, -0.1) is 0 Å². The van der Waals surface area contributed by atoms with Crippen LogP contribution in [0.4, 0.5) is 5.69 Å². The summed E-state index contributed by atoms with van der Waals surface area (Å²) in [6.45, 7) is 0.283. The van der Waals surface area contributed by atoms with Crippen molar-refractivity contribution < 1.29 is 4.79 Å². The minimum atomic E-state index is -0.262. The fourth-order valence-corrected chi connectivity index (χ4v) is 4.22. The SMILES string of the molecule is N#Cc1cccc(NC(=O)CSc2nc3ccccc3c(=O)n2Cc2cccc(Cl)c2)c1. The predicted molar refractivity (Wildman–Crippen MR) is 127 cm³/mol. The maximum absolute atomic E-state index is 13.2. The monoisotopic (exact) mass is 460 g/mol. The number of carbonyl (C=O) groups excluding carboxylic acids is 1. The molecule has 0 bridgehead atoms. The molecule has 0 saturated carbocycles. The van der Waals surface area contributed by atoms with E-state index in [-0.39, 0.29) is 23.8 Å². The number of nitrogens with one attached hydrogen (secondary N) is 1. The summed E-state index contributed by atoms with van der Waals surface area (Å²) in [5, 5.41) is 13.3. The van der Waals surface area contributed by atoms with Crippen molar-refractivity contribution in [1.29, 1.82) is 5.26 Å². The average molecular weight is 461 g/mol. The Labute approximate surface area is 193 Å². The van der Waals surface area contributed by atoms with Gasteiger partial charge in [-0.3, -0.25) is 14.2 Å². The normalized spacial score (nSPS) is 10.6. The lowest BCUT2D eigenvalue weighted by Crippen LogP contribution is -2.25. The second kappa shape index (κ2) is 9.69. The molecule has 0 aliphatic rings. The molecule has 0 atom stereocenters. The highest BCUT2D eigenvalue weighted by Crippen LogP contribution is 2.20. The molecule has 0 aliphatic heterocycles. The smallest absolute Gasteiger partial charge is 0.262 e. The largest absolute Gasteiger partial charge is 0.325 e. The van der Waals surface area contributed by atoms with Gasteiger partial charge in [-0.2, -0.15) is 5.26 Å². The van der Waals surface area contributed by atoms with Crippen LogP contribution in [0, 0.1) is 11.3 Å². The van der Waals surface area contributed by atoms with E-state index in [9.17, 15) is 9.59 Å². The summed E-state index contributed by atoms with van der Waals surface area (Å²) in [7, 11) is 0. The number of fused-ring (bicyclic) bond motifs is 1. The Morgan fingerprint density at radius 1 is 1.09 bits per heavy atom. The number of halogens is 1. The van der Waals surface area contributed by atoms with Crippen LogP contribution in [-0.4, -0.2) is 21.2 Å². The summed E-state index contributed by atoms with van der Waals surface area (Å²) in [5.41, 5.74) is 2.25. The third kappa shape index (κ3) is 4.99. The van der Waals surface area contributed by atoms with Gasteiger partial charge in [-0.25, -0.2) is 4.98 Å². The molecule has 0 fully saturated rings. The van der Waals surface area contributed by atoms with E-state index in [2.05, 4.69) is 10.3 Å². The Kier molecular flexibility index (Phi) is 6.55. The van der Waals surface area contributed by atoms with Crippen LogP contribution in [0.25, 0.3) is 10.9 Å². The number of amides is 1. The number of nitriles is 1. The molecule has 0 saturated heterocycles. The topological polar surface area (TPSA) is 87.8 Å². The van der Waals surface area contributed by atoms with E-state index in [1.807, 2.05) is 24.3 Å². The standard InChI is InChI=1S/C24H17ClN4O2S/c25-18-7-3-6-17(11-18)14-29-23(31)20-9-1-2-10-21(20)28-24(29)32-15-22(30)27-19-8-4-5-16(12-19)13-26/h1-12H,14-15H2,(H,27,30). The van der Waals surface area contributed by atoms with Crippen LogP contribution < -0.4 is 10.9 Å². The highest BCUT2D eigenvalue weighted by Gasteiger charge is 2.14. The van der Waals surface area contributed by atoms with Gasteiger partial charge in [0.1, 0.15) is 0 Å². The van der Waals surface area contributed by atoms with Crippen LogP contribution >= 0.6 is 23.4 Å². The third-order valence-corrected chi connectivity index (χ3v) is 5.88. The Bertz CT molecular complexity index is 1410. The number of hydrogen-bond donors (Lipinski definition) is 1. The second-order valence-electron chi connectivity index (χ2n) is 6.96. The summed E-state index contributed by atoms with van der Waals surface area (Å²) in [5.74, 6) is -0.210. The van der Waals surface area contributed by atoms with Gasteiger partial charge in [0.2, 0.25) is 5.91 Å². The van der Waals surface area contributed by atoms with E-state index in [0.717, 1.165) is 5.56 Å². The van der Waals surface area contributed by atoms with Gasteiger partial charge >= 0.3 is 0 Å².